The van der Waals surface area contributed by atoms with E-state index in [4.69, 9.17) is 4.52 Å². The highest BCUT2D eigenvalue weighted by Gasteiger charge is 2.25. The largest absolute Gasteiger partial charge is 0.361 e. The zero-order chi connectivity index (χ0) is 19.0. The second kappa shape index (κ2) is 6.84. The number of nitrogens with zero attached hydrogens (tertiary/aromatic N) is 4. The summed E-state index contributed by atoms with van der Waals surface area (Å²) in [6.45, 7) is 1.81. The van der Waals surface area contributed by atoms with E-state index in [2.05, 4.69) is 15.1 Å². The van der Waals surface area contributed by atoms with Gasteiger partial charge in [0.2, 0.25) is 0 Å². The molecular weight excluding hydrogens is 374 g/mol. The SMILES string of the molecule is Cc1cc(C(=O)N(Cc2cccnc2)c2nc3c(F)cc(F)cc3s2)no1. The van der Waals surface area contributed by atoms with Crippen molar-refractivity contribution in [3.05, 3.63) is 71.4 Å². The number of thiazole rings is 1. The number of anilines is 1. The molecular formula is C18H12F2N4O2S. The number of carbonyl (C=O) groups is 1. The molecule has 0 N–H and O–H groups in total. The average Bonchev–Trinajstić information content (AvgIpc) is 3.26. The summed E-state index contributed by atoms with van der Waals surface area (Å²) in [7, 11) is 0. The van der Waals surface area contributed by atoms with E-state index in [1.165, 1.54) is 17.0 Å². The Morgan fingerprint density at radius 2 is 2.15 bits per heavy atom. The fourth-order valence-corrected chi connectivity index (χ4v) is 3.57. The maximum atomic E-state index is 14.0. The van der Waals surface area contributed by atoms with E-state index < -0.39 is 17.5 Å². The number of fused-ring (bicyclic) bond motifs is 1. The van der Waals surface area contributed by atoms with Gasteiger partial charge in [-0.05, 0) is 24.6 Å². The summed E-state index contributed by atoms with van der Waals surface area (Å²) < 4.78 is 32.8. The lowest BCUT2D eigenvalue weighted by Crippen LogP contribution is -2.30. The Morgan fingerprint density at radius 1 is 1.30 bits per heavy atom. The number of halogens is 2. The van der Waals surface area contributed by atoms with E-state index in [1.54, 1.807) is 31.5 Å². The topological polar surface area (TPSA) is 72.1 Å². The van der Waals surface area contributed by atoms with Crippen LogP contribution < -0.4 is 4.90 Å². The summed E-state index contributed by atoms with van der Waals surface area (Å²) in [6.07, 6.45) is 3.23. The fraction of sp³-hybridized carbons (Fsp3) is 0.111. The average molecular weight is 386 g/mol. The smallest absolute Gasteiger partial charge is 0.282 e. The molecule has 0 radical (unpaired) electrons. The highest BCUT2D eigenvalue weighted by molar-refractivity contribution is 7.22. The van der Waals surface area contributed by atoms with Crippen molar-refractivity contribution in [2.24, 2.45) is 0 Å². The Balaban J connectivity index is 1.79. The van der Waals surface area contributed by atoms with Crippen LogP contribution in [-0.4, -0.2) is 21.0 Å². The molecule has 27 heavy (non-hydrogen) atoms. The maximum Gasteiger partial charge on any atom is 0.282 e. The summed E-state index contributed by atoms with van der Waals surface area (Å²) in [4.78, 5) is 22.6. The quantitative estimate of drug-likeness (QED) is 0.528. The minimum Gasteiger partial charge on any atom is -0.361 e. The molecule has 3 heterocycles. The lowest BCUT2D eigenvalue weighted by Gasteiger charge is -2.18. The molecule has 0 aliphatic rings. The van der Waals surface area contributed by atoms with Crippen molar-refractivity contribution < 1.29 is 18.1 Å². The van der Waals surface area contributed by atoms with Gasteiger partial charge in [-0.25, -0.2) is 13.8 Å². The molecule has 9 heteroatoms. The summed E-state index contributed by atoms with van der Waals surface area (Å²) >= 11 is 1.02. The minimum absolute atomic E-state index is 0.0109. The van der Waals surface area contributed by atoms with Crippen molar-refractivity contribution in [2.45, 2.75) is 13.5 Å². The first-order valence-electron chi connectivity index (χ1n) is 7.91. The predicted molar refractivity (Wildman–Crippen MR) is 95.5 cm³/mol. The van der Waals surface area contributed by atoms with E-state index >= 15 is 0 Å². The first kappa shape index (κ1) is 17.2. The molecule has 0 aliphatic carbocycles. The first-order valence-corrected chi connectivity index (χ1v) is 8.72. The van der Waals surface area contributed by atoms with Crippen molar-refractivity contribution in [1.29, 1.82) is 0 Å². The summed E-state index contributed by atoms with van der Waals surface area (Å²) in [5.74, 6) is -1.46. The zero-order valence-electron chi connectivity index (χ0n) is 14.0. The van der Waals surface area contributed by atoms with E-state index in [-0.39, 0.29) is 22.9 Å². The van der Waals surface area contributed by atoms with Gasteiger partial charge in [0.25, 0.3) is 5.91 Å². The lowest BCUT2D eigenvalue weighted by atomic mass is 10.2. The van der Waals surface area contributed by atoms with E-state index in [0.29, 0.717) is 10.5 Å². The molecule has 1 amide bonds. The van der Waals surface area contributed by atoms with Crippen LogP contribution in [0, 0.1) is 18.6 Å². The number of hydrogen-bond acceptors (Lipinski definition) is 6. The predicted octanol–water partition coefficient (Wildman–Crippen LogP) is 4.11. The highest BCUT2D eigenvalue weighted by Crippen LogP contribution is 2.32. The van der Waals surface area contributed by atoms with Gasteiger partial charge in [0.1, 0.15) is 17.1 Å². The van der Waals surface area contributed by atoms with Gasteiger partial charge in [0.15, 0.2) is 16.6 Å². The van der Waals surface area contributed by atoms with Crippen LogP contribution in [0.25, 0.3) is 10.2 Å². The van der Waals surface area contributed by atoms with Gasteiger partial charge in [-0.15, -0.1) is 0 Å². The Bertz CT molecular complexity index is 1130. The van der Waals surface area contributed by atoms with Gasteiger partial charge in [-0.2, -0.15) is 0 Å². The summed E-state index contributed by atoms with van der Waals surface area (Å²) in [5, 5.41) is 3.98. The first-order chi connectivity index (χ1) is 13.0. The maximum absolute atomic E-state index is 14.0. The molecule has 0 bridgehead atoms. The van der Waals surface area contributed by atoms with Gasteiger partial charge in [0, 0.05) is 24.5 Å². The molecule has 3 aromatic heterocycles. The third-order valence-corrected chi connectivity index (χ3v) is 4.81. The monoisotopic (exact) mass is 386 g/mol. The van der Waals surface area contributed by atoms with Crippen molar-refractivity contribution in [2.75, 3.05) is 4.90 Å². The van der Waals surface area contributed by atoms with Crippen LogP contribution in [0.3, 0.4) is 0 Å². The molecule has 0 fully saturated rings. The number of aryl methyl sites for hydroxylation is 1. The molecule has 0 spiro atoms. The van der Waals surface area contributed by atoms with Crippen LogP contribution in [0.1, 0.15) is 21.8 Å². The minimum atomic E-state index is -0.779. The molecule has 1 aromatic carbocycles. The van der Waals surface area contributed by atoms with Crippen molar-refractivity contribution in [3.63, 3.8) is 0 Å². The van der Waals surface area contributed by atoms with Crippen LogP contribution in [0.2, 0.25) is 0 Å². The molecule has 0 saturated carbocycles. The van der Waals surface area contributed by atoms with Crippen molar-refractivity contribution >= 4 is 32.6 Å². The standard InChI is InChI=1S/C18H12F2N4O2S/c1-10-5-14(23-26-10)17(25)24(9-11-3-2-4-21-8-11)18-22-16-13(20)6-12(19)7-15(16)27-18/h2-8H,9H2,1H3. The normalized spacial score (nSPS) is 11.1. The van der Waals surface area contributed by atoms with Crippen LogP contribution in [-0.2, 0) is 6.54 Å². The Morgan fingerprint density at radius 3 is 2.85 bits per heavy atom. The summed E-state index contributed by atoms with van der Waals surface area (Å²) in [5.41, 5.74) is 0.857. The van der Waals surface area contributed by atoms with Crippen LogP contribution in [0.15, 0.2) is 47.2 Å². The molecule has 6 nitrogen and oxygen atoms in total. The number of aromatic nitrogens is 3. The second-order valence-electron chi connectivity index (χ2n) is 5.81. The van der Waals surface area contributed by atoms with Gasteiger partial charge in [-0.1, -0.05) is 22.6 Å². The molecule has 0 aliphatic heterocycles. The Labute approximate surface area is 156 Å². The summed E-state index contributed by atoms with van der Waals surface area (Å²) in [6, 6.07) is 7.00. The highest BCUT2D eigenvalue weighted by atomic mass is 32.1. The van der Waals surface area contributed by atoms with Crippen LogP contribution in [0.5, 0.6) is 0 Å². The molecule has 136 valence electrons. The van der Waals surface area contributed by atoms with Crippen LogP contribution in [0.4, 0.5) is 13.9 Å². The van der Waals surface area contributed by atoms with Gasteiger partial charge >= 0.3 is 0 Å². The van der Waals surface area contributed by atoms with Gasteiger partial charge in [-0.3, -0.25) is 14.7 Å². The molecule has 4 aromatic rings. The number of rotatable bonds is 4. The third-order valence-electron chi connectivity index (χ3n) is 3.79. The third kappa shape index (κ3) is 3.41. The van der Waals surface area contributed by atoms with E-state index in [9.17, 15) is 13.6 Å². The van der Waals surface area contributed by atoms with Crippen molar-refractivity contribution in [3.8, 4) is 0 Å². The van der Waals surface area contributed by atoms with Crippen molar-refractivity contribution in [1.82, 2.24) is 15.1 Å². The Hall–Kier alpha value is -3.20. The molecule has 0 saturated heterocycles. The van der Waals surface area contributed by atoms with Crippen LogP contribution >= 0.6 is 11.3 Å². The Kier molecular flexibility index (Phi) is 4.36. The van der Waals surface area contributed by atoms with E-state index in [1.807, 2.05) is 0 Å². The second-order valence-corrected chi connectivity index (χ2v) is 6.82. The number of benzene rings is 1. The lowest BCUT2D eigenvalue weighted by molar-refractivity contribution is 0.0976. The number of amides is 1. The van der Waals surface area contributed by atoms with Gasteiger partial charge in [0.05, 0.1) is 11.2 Å². The zero-order valence-corrected chi connectivity index (χ0v) is 14.8. The molecule has 0 unspecified atom stereocenters. The fourth-order valence-electron chi connectivity index (χ4n) is 2.57. The molecule has 4 rings (SSSR count). The number of pyridine rings is 1. The molecule has 0 atom stereocenters. The number of hydrogen-bond donors (Lipinski definition) is 0. The van der Waals surface area contributed by atoms with E-state index in [0.717, 1.165) is 23.0 Å². The van der Waals surface area contributed by atoms with Gasteiger partial charge < -0.3 is 4.52 Å². The number of carbonyl (C=O) groups excluding carboxylic acids is 1.